The molecule has 4 N–H and O–H groups in total. The number of hydrogen-bond donors (Lipinski definition) is 4. The molecule has 2 radical (unpaired) electrons. The van der Waals surface area contributed by atoms with Crippen molar-refractivity contribution in [1.29, 1.82) is 0 Å². The zero-order valence-electron chi connectivity index (χ0n) is 4.29. The first-order valence-corrected chi connectivity index (χ1v) is 2.68. The van der Waals surface area contributed by atoms with Gasteiger partial charge in [-0.3, -0.25) is 0 Å². The third-order valence-electron chi connectivity index (χ3n) is 0. The Kier molecular flexibility index (Phi) is 17.8. The first-order chi connectivity index (χ1) is 2.00. The summed E-state index contributed by atoms with van der Waals surface area (Å²) in [7, 11) is -4.61. The molecule has 0 aromatic rings. The summed E-state index contributed by atoms with van der Waals surface area (Å²) >= 11 is 0. The molecule has 4 nitrogen and oxygen atoms in total. The molecule has 0 aromatic heterocycles. The Bertz CT molecular complexity index is 25.2. The van der Waals surface area contributed by atoms with Gasteiger partial charge in [-0.25, -0.2) is 0 Å². The van der Waals surface area contributed by atoms with Gasteiger partial charge in [-0.15, -0.1) is 0 Å². The molecular weight excluding hydrogens is 170 g/mol. The molecule has 0 bridgehead atoms. The van der Waals surface area contributed by atoms with Gasteiger partial charge in [-0.05, 0) is 0 Å². The molecule has 34 valence electrons. The van der Waals surface area contributed by atoms with E-state index in [0.717, 1.165) is 0 Å². The van der Waals surface area contributed by atoms with E-state index >= 15 is 0 Å². The first kappa shape index (κ1) is 16.7. The number of hydrogen-bond acceptors (Lipinski definition) is 4. The fourth-order valence-corrected chi connectivity index (χ4v) is 0. The van der Waals surface area contributed by atoms with Crippen LogP contribution in [0.15, 0.2) is 0 Å². The third-order valence-corrected chi connectivity index (χ3v) is 0. The van der Waals surface area contributed by atoms with E-state index in [9.17, 15) is 0 Å². The molecule has 0 aliphatic rings. The second-order valence-electron chi connectivity index (χ2n) is 0.600. The Morgan fingerprint density at radius 2 is 0.714 bits per heavy atom. The average molecular weight is 174 g/mol. The topological polar surface area (TPSA) is 80.9 Å². The number of rotatable bonds is 0. The molecule has 7 heteroatoms. The molecular formula is H4K2O4Si. The predicted octanol–water partition coefficient (Wildman–Crippen LogP) is -3.37. The Hall–Kier alpha value is 3.33. The molecule has 0 amide bonds. The van der Waals surface area contributed by atoms with Crippen LogP contribution in [0.25, 0.3) is 0 Å². The predicted molar refractivity (Wildman–Crippen MR) is 26.1 cm³/mol. The van der Waals surface area contributed by atoms with Gasteiger partial charge in [0.2, 0.25) is 0 Å². The standard InChI is InChI=1S/2K.H4O4Si/c;;1-5(2,3)4/h;;1-4H. The SMILES string of the molecule is O[Si](O)(O)O.[K].[K]. The molecule has 0 saturated heterocycles. The quantitative estimate of drug-likeness (QED) is 0.289. The summed E-state index contributed by atoms with van der Waals surface area (Å²) in [6.07, 6.45) is 0. The first-order valence-electron chi connectivity index (χ1n) is 0.894. The minimum absolute atomic E-state index is 0. The van der Waals surface area contributed by atoms with E-state index in [2.05, 4.69) is 0 Å². The maximum Gasteiger partial charge on any atom is 0.668 e. The molecule has 0 unspecified atom stereocenters. The van der Waals surface area contributed by atoms with Gasteiger partial charge in [0.15, 0.2) is 0 Å². The smallest absolute Gasteiger partial charge is 0.368 e. The maximum absolute atomic E-state index is 7.33. The maximum atomic E-state index is 7.33. The van der Waals surface area contributed by atoms with Crippen LogP contribution in [0.3, 0.4) is 0 Å². The Balaban J connectivity index is -0.0000000800. The van der Waals surface area contributed by atoms with Crippen molar-refractivity contribution >= 4 is 112 Å². The van der Waals surface area contributed by atoms with Gasteiger partial charge in [-0.1, -0.05) is 0 Å². The molecule has 0 rings (SSSR count). The van der Waals surface area contributed by atoms with Crippen LogP contribution in [0.4, 0.5) is 0 Å². The minimum atomic E-state index is -4.61. The van der Waals surface area contributed by atoms with Gasteiger partial charge < -0.3 is 19.2 Å². The summed E-state index contributed by atoms with van der Waals surface area (Å²) in [5, 5.41) is 0. The van der Waals surface area contributed by atoms with Gasteiger partial charge in [-0.2, -0.15) is 0 Å². The molecule has 7 heavy (non-hydrogen) atoms. The van der Waals surface area contributed by atoms with Gasteiger partial charge in [0, 0.05) is 103 Å². The summed E-state index contributed by atoms with van der Waals surface area (Å²) < 4.78 is 0. The van der Waals surface area contributed by atoms with Crippen molar-refractivity contribution in [3.63, 3.8) is 0 Å². The summed E-state index contributed by atoms with van der Waals surface area (Å²) in [5.74, 6) is 0. The van der Waals surface area contributed by atoms with Crippen LogP contribution < -0.4 is 0 Å². The van der Waals surface area contributed by atoms with Crippen LogP contribution in [0.2, 0.25) is 0 Å². The molecule has 0 aliphatic heterocycles. The summed E-state index contributed by atoms with van der Waals surface area (Å²) in [6.45, 7) is 0. The zero-order chi connectivity index (χ0) is 4.50. The molecule has 0 fully saturated rings. The molecule has 0 aromatic carbocycles. The van der Waals surface area contributed by atoms with Gasteiger partial charge in [0.25, 0.3) is 0 Å². The van der Waals surface area contributed by atoms with Crippen molar-refractivity contribution in [2.24, 2.45) is 0 Å². The second-order valence-corrected chi connectivity index (χ2v) is 1.80. The van der Waals surface area contributed by atoms with E-state index in [4.69, 9.17) is 19.2 Å². The van der Waals surface area contributed by atoms with Crippen molar-refractivity contribution in [2.45, 2.75) is 0 Å². The zero-order valence-corrected chi connectivity index (χ0v) is 11.5. The molecule has 0 heterocycles. The molecule has 0 spiro atoms. The fourth-order valence-electron chi connectivity index (χ4n) is 0. The van der Waals surface area contributed by atoms with Crippen LogP contribution in [-0.4, -0.2) is 131 Å². The third kappa shape index (κ3) is 45.2. The van der Waals surface area contributed by atoms with Crippen LogP contribution in [0.1, 0.15) is 0 Å². The Labute approximate surface area is 127 Å². The molecule has 0 atom stereocenters. The van der Waals surface area contributed by atoms with Gasteiger partial charge >= 0.3 is 9.05 Å². The van der Waals surface area contributed by atoms with Crippen molar-refractivity contribution in [2.75, 3.05) is 0 Å². The van der Waals surface area contributed by atoms with Crippen molar-refractivity contribution in [3.8, 4) is 0 Å². The normalized spacial score (nSPS) is 8.57. The summed E-state index contributed by atoms with van der Waals surface area (Å²) in [6, 6.07) is 0. The summed E-state index contributed by atoms with van der Waals surface area (Å²) in [5.41, 5.74) is 0. The van der Waals surface area contributed by atoms with Gasteiger partial charge in [0.1, 0.15) is 0 Å². The van der Waals surface area contributed by atoms with Crippen LogP contribution in [-0.2, 0) is 0 Å². The van der Waals surface area contributed by atoms with Crippen molar-refractivity contribution < 1.29 is 19.2 Å². The molecule has 0 saturated carbocycles. The van der Waals surface area contributed by atoms with Crippen LogP contribution in [0, 0.1) is 0 Å². The van der Waals surface area contributed by atoms with Crippen LogP contribution in [0.5, 0.6) is 0 Å². The second kappa shape index (κ2) is 7.44. The monoisotopic (exact) mass is 174 g/mol. The van der Waals surface area contributed by atoms with E-state index in [-0.39, 0.29) is 103 Å². The van der Waals surface area contributed by atoms with E-state index < -0.39 is 9.05 Å². The average Bonchev–Trinajstić information content (AvgIpc) is 0.722. The molecule has 0 aliphatic carbocycles. The minimum Gasteiger partial charge on any atom is -0.368 e. The van der Waals surface area contributed by atoms with E-state index in [1.807, 2.05) is 0 Å². The van der Waals surface area contributed by atoms with E-state index in [1.165, 1.54) is 0 Å². The summed E-state index contributed by atoms with van der Waals surface area (Å²) in [4.78, 5) is 29.3. The van der Waals surface area contributed by atoms with Crippen LogP contribution >= 0.6 is 0 Å². The van der Waals surface area contributed by atoms with Crippen molar-refractivity contribution in [3.05, 3.63) is 0 Å². The van der Waals surface area contributed by atoms with E-state index in [1.54, 1.807) is 0 Å². The van der Waals surface area contributed by atoms with Crippen molar-refractivity contribution in [1.82, 2.24) is 0 Å². The van der Waals surface area contributed by atoms with Gasteiger partial charge in [0.05, 0.1) is 0 Å². The fraction of sp³-hybridized carbons (Fsp3) is 0. The Morgan fingerprint density at radius 3 is 0.714 bits per heavy atom. The Morgan fingerprint density at radius 1 is 0.714 bits per heavy atom. The largest absolute Gasteiger partial charge is 0.668 e. The van der Waals surface area contributed by atoms with E-state index in [0.29, 0.717) is 0 Å².